The van der Waals surface area contributed by atoms with E-state index in [-0.39, 0.29) is 0 Å². The number of aromatic carboxylic acids is 1. The molecule has 0 radical (unpaired) electrons. The van der Waals surface area contributed by atoms with E-state index < -0.39 is 5.97 Å². The summed E-state index contributed by atoms with van der Waals surface area (Å²) in [5, 5.41) is 9.95. The lowest BCUT2D eigenvalue weighted by Gasteiger charge is -1.94. The number of benzene rings is 1. The molecule has 1 N–H and O–H groups in total. The minimum atomic E-state index is -0.887. The number of rotatable bonds is 4. The third-order valence-corrected chi connectivity index (χ3v) is 3.34. The summed E-state index contributed by atoms with van der Waals surface area (Å²) in [6.07, 6.45) is 0. The summed E-state index contributed by atoms with van der Waals surface area (Å²) in [6.45, 7) is 3.24. The summed E-state index contributed by atoms with van der Waals surface area (Å²) >= 11 is 1.58. The van der Waals surface area contributed by atoms with Gasteiger partial charge in [0, 0.05) is 16.2 Å². The molecule has 0 aliphatic rings. The number of hydrogen-bond acceptors (Lipinski definition) is 3. The van der Waals surface area contributed by atoms with Crippen LogP contribution in [0, 0.1) is 0 Å². The number of ether oxygens (including phenoxy) is 1. The fourth-order valence-corrected chi connectivity index (χ4v) is 2.53. The number of fused-ring (bicyclic) bond motifs is 1. The number of carbonyl (C=O) groups is 1. The fraction of sp³-hybridized carbons (Fsp3) is 0.250. The number of carboxylic acid groups (broad SMARTS) is 1. The van der Waals surface area contributed by atoms with E-state index in [1.54, 1.807) is 23.5 Å². The first-order valence-electron chi connectivity index (χ1n) is 5.04. The Bertz CT molecular complexity index is 516. The van der Waals surface area contributed by atoms with Crippen molar-refractivity contribution in [1.29, 1.82) is 0 Å². The standard InChI is InChI=1S/C12H12O3S/c1-2-15-7-10-5-8-3-4-9(12(13)14)6-11(8)16-10/h3-6H,2,7H2,1H3,(H,13,14). The van der Waals surface area contributed by atoms with Crippen molar-refractivity contribution in [2.45, 2.75) is 13.5 Å². The summed E-state index contributed by atoms with van der Waals surface area (Å²) in [7, 11) is 0. The van der Waals surface area contributed by atoms with Gasteiger partial charge in [-0.1, -0.05) is 6.07 Å². The van der Waals surface area contributed by atoms with Crippen molar-refractivity contribution in [2.24, 2.45) is 0 Å². The SMILES string of the molecule is CCOCc1cc2ccc(C(=O)O)cc2s1. The predicted molar refractivity (Wildman–Crippen MR) is 64.1 cm³/mol. The molecule has 3 nitrogen and oxygen atoms in total. The van der Waals surface area contributed by atoms with Crippen molar-refractivity contribution in [3.63, 3.8) is 0 Å². The van der Waals surface area contributed by atoms with Gasteiger partial charge in [0.1, 0.15) is 0 Å². The molecule has 0 fully saturated rings. The molecule has 1 heterocycles. The molecule has 2 aromatic rings. The maximum atomic E-state index is 10.8. The third-order valence-electron chi connectivity index (χ3n) is 2.27. The zero-order valence-electron chi connectivity index (χ0n) is 8.90. The minimum Gasteiger partial charge on any atom is -0.478 e. The Hall–Kier alpha value is -1.39. The van der Waals surface area contributed by atoms with Crippen molar-refractivity contribution in [2.75, 3.05) is 6.61 Å². The van der Waals surface area contributed by atoms with E-state index >= 15 is 0 Å². The highest BCUT2D eigenvalue weighted by atomic mass is 32.1. The number of hydrogen-bond donors (Lipinski definition) is 1. The highest BCUT2D eigenvalue weighted by Gasteiger charge is 2.06. The molecular formula is C12H12O3S. The Morgan fingerprint density at radius 3 is 2.94 bits per heavy atom. The Morgan fingerprint density at radius 1 is 1.44 bits per heavy atom. The lowest BCUT2D eigenvalue weighted by Crippen LogP contribution is -1.94. The largest absolute Gasteiger partial charge is 0.478 e. The van der Waals surface area contributed by atoms with Crippen LogP contribution in [0.5, 0.6) is 0 Å². The van der Waals surface area contributed by atoms with Gasteiger partial charge in [0.2, 0.25) is 0 Å². The van der Waals surface area contributed by atoms with Gasteiger partial charge >= 0.3 is 5.97 Å². The Labute approximate surface area is 97.3 Å². The molecule has 1 aromatic carbocycles. The zero-order valence-corrected chi connectivity index (χ0v) is 9.71. The molecule has 2 rings (SSSR count). The molecule has 0 aliphatic carbocycles. The van der Waals surface area contributed by atoms with E-state index in [4.69, 9.17) is 9.84 Å². The highest BCUT2D eigenvalue weighted by molar-refractivity contribution is 7.19. The molecule has 4 heteroatoms. The first-order chi connectivity index (χ1) is 7.70. The molecule has 0 unspecified atom stereocenters. The van der Waals surface area contributed by atoms with Gasteiger partial charge in [-0.25, -0.2) is 4.79 Å². The van der Waals surface area contributed by atoms with Crippen LogP contribution in [0.2, 0.25) is 0 Å². The van der Waals surface area contributed by atoms with Crippen LogP contribution < -0.4 is 0 Å². The van der Waals surface area contributed by atoms with E-state index in [1.807, 2.05) is 19.1 Å². The van der Waals surface area contributed by atoms with Gasteiger partial charge in [0.25, 0.3) is 0 Å². The number of carboxylic acids is 1. The molecule has 0 atom stereocenters. The van der Waals surface area contributed by atoms with Crippen molar-refractivity contribution < 1.29 is 14.6 Å². The lowest BCUT2D eigenvalue weighted by molar-refractivity contribution is 0.0697. The molecular weight excluding hydrogens is 224 g/mol. The molecule has 1 aromatic heterocycles. The van der Waals surface area contributed by atoms with Crippen molar-refractivity contribution in [3.8, 4) is 0 Å². The molecule has 0 saturated heterocycles. The van der Waals surface area contributed by atoms with E-state index in [0.29, 0.717) is 18.8 Å². The van der Waals surface area contributed by atoms with E-state index in [9.17, 15) is 4.79 Å². The second-order valence-corrected chi connectivity index (χ2v) is 4.58. The second kappa shape index (κ2) is 4.63. The average molecular weight is 236 g/mol. The normalized spacial score (nSPS) is 10.8. The minimum absolute atomic E-state index is 0.331. The zero-order chi connectivity index (χ0) is 11.5. The van der Waals surface area contributed by atoms with Crippen LogP contribution in [0.4, 0.5) is 0 Å². The van der Waals surface area contributed by atoms with Crippen molar-refractivity contribution in [1.82, 2.24) is 0 Å². The quantitative estimate of drug-likeness (QED) is 0.887. The molecule has 0 aliphatic heterocycles. The van der Waals surface area contributed by atoms with Gasteiger partial charge in [-0.2, -0.15) is 0 Å². The highest BCUT2D eigenvalue weighted by Crippen LogP contribution is 2.27. The van der Waals surface area contributed by atoms with Gasteiger partial charge in [0.15, 0.2) is 0 Å². The maximum Gasteiger partial charge on any atom is 0.335 e. The van der Waals surface area contributed by atoms with Crippen LogP contribution in [-0.2, 0) is 11.3 Å². The maximum absolute atomic E-state index is 10.8. The van der Waals surface area contributed by atoms with Crippen LogP contribution >= 0.6 is 11.3 Å². The topological polar surface area (TPSA) is 46.5 Å². The van der Waals surface area contributed by atoms with Gasteiger partial charge in [-0.15, -0.1) is 11.3 Å². The molecule has 0 bridgehead atoms. The van der Waals surface area contributed by atoms with Crippen molar-refractivity contribution in [3.05, 3.63) is 34.7 Å². The van der Waals surface area contributed by atoms with E-state index in [2.05, 4.69) is 0 Å². The Balaban J connectivity index is 2.34. The average Bonchev–Trinajstić information content (AvgIpc) is 2.67. The van der Waals surface area contributed by atoms with E-state index in [0.717, 1.165) is 15.0 Å². The predicted octanol–water partition coefficient (Wildman–Crippen LogP) is 3.14. The molecule has 84 valence electrons. The number of thiophene rings is 1. The Morgan fingerprint density at radius 2 is 2.25 bits per heavy atom. The first-order valence-corrected chi connectivity index (χ1v) is 5.86. The van der Waals surface area contributed by atoms with Crippen LogP contribution in [0.3, 0.4) is 0 Å². The van der Waals surface area contributed by atoms with Gasteiger partial charge in [-0.3, -0.25) is 0 Å². The lowest BCUT2D eigenvalue weighted by atomic mass is 10.2. The summed E-state index contributed by atoms with van der Waals surface area (Å²) in [6, 6.07) is 7.21. The molecule has 0 amide bonds. The van der Waals surface area contributed by atoms with Crippen LogP contribution in [0.1, 0.15) is 22.2 Å². The smallest absolute Gasteiger partial charge is 0.335 e. The first kappa shape index (κ1) is 11.1. The molecule has 16 heavy (non-hydrogen) atoms. The molecule has 0 spiro atoms. The van der Waals surface area contributed by atoms with Gasteiger partial charge < -0.3 is 9.84 Å². The fourth-order valence-electron chi connectivity index (χ4n) is 1.49. The van der Waals surface area contributed by atoms with E-state index in [1.165, 1.54) is 0 Å². The summed E-state index contributed by atoms with van der Waals surface area (Å²) in [4.78, 5) is 11.9. The summed E-state index contributed by atoms with van der Waals surface area (Å²) in [5.41, 5.74) is 0.331. The Kier molecular flexibility index (Phi) is 3.22. The van der Waals surface area contributed by atoms with Crippen LogP contribution in [-0.4, -0.2) is 17.7 Å². The van der Waals surface area contributed by atoms with Gasteiger partial charge in [0.05, 0.1) is 12.2 Å². The monoisotopic (exact) mass is 236 g/mol. The van der Waals surface area contributed by atoms with Crippen LogP contribution in [0.15, 0.2) is 24.3 Å². The molecule has 0 saturated carbocycles. The second-order valence-electron chi connectivity index (χ2n) is 3.41. The van der Waals surface area contributed by atoms with Crippen molar-refractivity contribution >= 4 is 27.4 Å². The third kappa shape index (κ3) is 2.23. The summed E-state index contributed by atoms with van der Waals surface area (Å²) in [5.74, 6) is -0.887. The van der Waals surface area contributed by atoms with Crippen LogP contribution in [0.25, 0.3) is 10.1 Å². The summed E-state index contributed by atoms with van der Waals surface area (Å²) < 4.78 is 6.32. The van der Waals surface area contributed by atoms with Gasteiger partial charge in [-0.05, 0) is 30.5 Å².